The van der Waals surface area contributed by atoms with Crippen LogP contribution >= 0.6 is 0 Å². The van der Waals surface area contributed by atoms with Gasteiger partial charge < -0.3 is 9.13 Å². The average molecular weight is 832 g/mol. The Morgan fingerprint density at radius 1 is 0.359 bits per heavy atom. The van der Waals surface area contributed by atoms with Gasteiger partial charge in [-0.25, -0.2) is 15.0 Å². The summed E-state index contributed by atoms with van der Waals surface area (Å²) in [6, 6.07) is 51.8. The molecule has 5 heteroatoms. The molecule has 0 radical (unpaired) electrons. The molecule has 0 saturated heterocycles. The van der Waals surface area contributed by atoms with Crippen molar-refractivity contribution in [2.45, 2.75) is 87.9 Å². The Morgan fingerprint density at radius 3 is 1.14 bits per heavy atom. The van der Waals surface area contributed by atoms with E-state index < -0.39 is 0 Å². The third-order valence-electron chi connectivity index (χ3n) is 17.8. The van der Waals surface area contributed by atoms with Crippen LogP contribution in [0.15, 0.2) is 140 Å². The fraction of sp³-hybridized carbons (Fsp3) is 0.339. The van der Waals surface area contributed by atoms with Crippen LogP contribution in [0.1, 0.15) is 88.7 Å². The Morgan fingerprint density at radius 2 is 0.719 bits per heavy atom. The average Bonchev–Trinajstić information content (AvgIpc) is 3.83. The van der Waals surface area contributed by atoms with Gasteiger partial charge >= 0.3 is 0 Å². The first-order chi connectivity index (χ1) is 31.5. The molecule has 314 valence electrons. The molecule has 9 aromatic rings. The van der Waals surface area contributed by atoms with E-state index in [0.717, 1.165) is 64.2 Å². The fourth-order valence-electron chi connectivity index (χ4n) is 16.1. The molecule has 0 spiro atoms. The maximum atomic E-state index is 5.90. The number of hydrogen-bond donors (Lipinski definition) is 0. The lowest BCUT2D eigenvalue weighted by Crippen LogP contribution is -2.51. The molecule has 5 nitrogen and oxygen atoms in total. The van der Waals surface area contributed by atoms with Crippen molar-refractivity contribution in [2.75, 3.05) is 0 Å². The van der Waals surface area contributed by atoms with Gasteiger partial charge in [0, 0.05) is 43.5 Å². The first-order valence-corrected chi connectivity index (χ1v) is 24.5. The van der Waals surface area contributed by atoms with E-state index in [1.807, 2.05) is 0 Å². The Hall–Kier alpha value is -6.07. The van der Waals surface area contributed by atoms with Gasteiger partial charge in [0.25, 0.3) is 0 Å². The van der Waals surface area contributed by atoms with Crippen molar-refractivity contribution in [1.29, 1.82) is 0 Å². The molecule has 0 atom stereocenters. The molecule has 0 amide bonds. The number of nitrogens with zero attached hydrogens (tertiary/aromatic N) is 5. The van der Waals surface area contributed by atoms with Crippen LogP contribution < -0.4 is 0 Å². The quantitative estimate of drug-likeness (QED) is 0.168. The van der Waals surface area contributed by atoms with E-state index in [4.69, 9.17) is 15.0 Å². The molecular weight excluding hydrogens is 779 g/mol. The predicted octanol–water partition coefficient (Wildman–Crippen LogP) is 14.3. The fourth-order valence-corrected chi connectivity index (χ4v) is 16.1. The molecule has 64 heavy (non-hydrogen) atoms. The molecule has 3 heterocycles. The zero-order valence-electron chi connectivity index (χ0n) is 36.5. The lowest BCUT2D eigenvalue weighted by atomic mass is 9.49. The minimum absolute atomic E-state index is 0.0528. The maximum Gasteiger partial charge on any atom is 0.165 e. The molecule has 17 rings (SSSR count). The molecule has 3 aromatic heterocycles. The van der Waals surface area contributed by atoms with Crippen LogP contribution in [-0.2, 0) is 10.8 Å². The van der Waals surface area contributed by atoms with E-state index in [-0.39, 0.29) is 10.8 Å². The highest BCUT2D eigenvalue weighted by molar-refractivity contribution is 6.11. The molecule has 0 aliphatic heterocycles. The minimum Gasteiger partial charge on any atom is -0.309 e. The standard InChI is InChI=1S/C59H53N5/c1-6-16-49(63-50-17-7-2-12-44(50)45-13-3-8-18-51(45)63)43(11-1)42-21-22-54(64-52-19-9-4-14-46(52)47-15-5-10-20-53(47)64)48(29-42)55-60-56(58-30-36-23-37(31-58)25-38(24-36)32-58)62-57(61-55)59-33-39-26-40(34-59)28-41(27-39)35-59/h1-22,29,36-41H,23-28,30-35H2. The van der Waals surface area contributed by atoms with Crippen molar-refractivity contribution in [3.05, 3.63) is 151 Å². The van der Waals surface area contributed by atoms with Crippen LogP contribution in [-0.4, -0.2) is 24.1 Å². The number of para-hydroxylation sites is 5. The lowest BCUT2D eigenvalue weighted by molar-refractivity contribution is -0.0155. The van der Waals surface area contributed by atoms with Crippen LogP contribution in [0, 0.1) is 35.5 Å². The van der Waals surface area contributed by atoms with Crippen LogP contribution in [0.4, 0.5) is 0 Å². The van der Waals surface area contributed by atoms with Crippen LogP contribution in [0.25, 0.3) is 77.5 Å². The summed E-state index contributed by atoms with van der Waals surface area (Å²) in [7, 11) is 0. The second-order valence-corrected chi connectivity index (χ2v) is 21.7. The smallest absolute Gasteiger partial charge is 0.165 e. The summed E-state index contributed by atoms with van der Waals surface area (Å²) in [5, 5.41) is 5.08. The second-order valence-electron chi connectivity index (χ2n) is 21.7. The third kappa shape index (κ3) is 5.21. The monoisotopic (exact) mass is 831 g/mol. The van der Waals surface area contributed by atoms with Crippen molar-refractivity contribution in [2.24, 2.45) is 35.5 Å². The largest absolute Gasteiger partial charge is 0.309 e. The molecule has 0 N–H and O–H groups in total. The van der Waals surface area contributed by atoms with Gasteiger partial charge in [0.1, 0.15) is 11.6 Å². The van der Waals surface area contributed by atoms with Crippen molar-refractivity contribution in [3.8, 4) is 33.9 Å². The van der Waals surface area contributed by atoms with E-state index in [1.54, 1.807) is 0 Å². The topological polar surface area (TPSA) is 48.5 Å². The molecule has 0 unspecified atom stereocenters. The zero-order chi connectivity index (χ0) is 41.7. The van der Waals surface area contributed by atoms with Crippen molar-refractivity contribution < 1.29 is 0 Å². The molecule has 8 fully saturated rings. The number of hydrogen-bond acceptors (Lipinski definition) is 3. The number of rotatable bonds is 6. The maximum absolute atomic E-state index is 5.90. The van der Waals surface area contributed by atoms with Crippen LogP contribution in [0.2, 0.25) is 0 Å². The lowest BCUT2D eigenvalue weighted by Gasteiger charge is -2.57. The van der Waals surface area contributed by atoms with Crippen LogP contribution in [0.5, 0.6) is 0 Å². The highest BCUT2D eigenvalue weighted by atomic mass is 15.1. The van der Waals surface area contributed by atoms with Gasteiger partial charge in [-0.15, -0.1) is 0 Å². The Balaban J connectivity index is 1.01. The molecule has 8 aliphatic carbocycles. The molecule has 8 saturated carbocycles. The van der Waals surface area contributed by atoms with Gasteiger partial charge in [0.05, 0.1) is 33.4 Å². The number of benzene rings is 6. The molecule has 8 bridgehead atoms. The molecule has 6 aromatic carbocycles. The van der Waals surface area contributed by atoms with Crippen molar-refractivity contribution in [1.82, 2.24) is 24.1 Å². The van der Waals surface area contributed by atoms with Gasteiger partial charge in [0.2, 0.25) is 0 Å². The normalized spacial score (nSPS) is 28.9. The van der Waals surface area contributed by atoms with Gasteiger partial charge in [0.15, 0.2) is 5.82 Å². The summed E-state index contributed by atoms with van der Waals surface area (Å²) >= 11 is 0. The molecule has 8 aliphatic rings. The minimum atomic E-state index is 0.0528. The first kappa shape index (κ1) is 36.3. The van der Waals surface area contributed by atoms with Crippen molar-refractivity contribution in [3.63, 3.8) is 0 Å². The summed E-state index contributed by atoms with van der Waals surface area (Å²) in [4.78, 5) is 17.7. The van der Waals surface area contributed by atoms with E-state index in [0.29, 0.717) is 0 Å². The van der Waals surface area contributed by atoms with Gasteiger partial charge in [-0.3, -0.25) is 0 Å². The molecular formula is C59H53N5. The van der Waals surface area contributed by atoms with E-state index in [9.17, 15) is 0 Å². The van der Waals surface area contributed by atoms with Crippen molar-refractivity contribution >= 4 is 43.6 Å². The van der Waals surface area contributed by atoms with Gasteiger partial charge in [-0.1, -0.05) is 97.1 Å². The summed E-state index contributed by atoms with van der Waals surface area (Å²) in [5.74, 6) is 7.99. The van der Waals surface area contributed by atoms with Gasteiger partial charge in [-0.2, -0.15) is 0 Å². The summed E-state index contributed by atoms with van der Waals surface area (Å²) in [6.45, 7) is 0. The summed E-state index contributed by atoms with van der Waals surface area (Å²) in [6.07, 6.45) is 15.9. The summed E-state index contributed by atoms with van der Waals surface area (Å²) in [5.41, 5.74) is 10.7. The van der Waals surface area contributed by atoms with Crippen LogP contribution in [0.3, 0.4) is 0 Å². The Kier molecular flexibility index (Phi) is 7.51. The Bertz CT molecular complexity index is 3140. The van der Waals surface area contributed by atoms with Gasteiger partial charge in [-0.05, 0) is 161 Å². The second kappa shape index (κ2) is 13.3. The zero-order valence-corrected chi connectivity index (χ0v) is 36.5. The third-order valence-corrected chi connectivity index (χ3v) is 17.8. The Labute approximate surface area is 374 Å². The highest BCUT2D eigenvalue weighted by Gasteiger charge is 2.56. The van der Waals surface area contributed by atoms with E-state index in [2.05, 4.69) is 149 Å². The first-order valence-electron chi connectivity index (χ1n) is 24.5. The highest BCUT2D eigenvalue weighted by Crippen LogP contribution is 2.62. The SMILES string of the molecule is c1ccc(-n2c3ccccc3c3ccccc32)c(-c2ccc(-n3c4ccccc4c4ccccc43)c(-c3nc(C45CC6CC(CC(C6)C4)C5)nc(C45CC6CC(CC(C6)C4)C5)n3)c2)c1. The predicted molar refractivity (Wildman–Crippen MR) is 259 cm³/mol. The van der Waals surface area contributed by atoms with E-state index >= 15 is 0 Å². The summed E-state index contributed by atoms with van der Waals surface area (Å²) < 4.78 is 4.97. The van der Waals surface area contributed by atoms with E-state index in [1.165, 1.54) is 137 Å². The number of aromatic nitrogens is 5. The number of fused-ring (bicyclic) bond motifs is 6.